The van der Waals surface area contributed by atoms with E-state index in [0.717, 1.165) is 6.42 Å². The topological polar surface area (TPSA) is 12.0 Å². The molecule has 1 unspecified atom stereocenters. The number of hydrogen-bond donors (Lipinski definition) is 1. The number of hydrogen-bond acceptors (Lipinski definition) is 1. The summed E-state index contributed by atoms with van der Waals surface area (Å²) in [6, 6.07) is 30.7. The standard InChI is InChI=1S/C22H18IN/c23-24-22(21-14-6-10-17-8-2-4-13-20(17)21)15-18-11-5-9-16-7-1-3-12-19(16)18/h1-14,22,24H,15H2. The molecule has 1 N–H and O–H groups in total. The van der Waals surface area contributed by atoms with E-state index < -0.39 is 0 Å². The highest BCUT2D eigenvalue weighted by atomic mass is 127. The molecule has 0 amide bonds. The molecule has 118 valence electrons. The van der Waals surface area contributed by atoms with Gasteiger partial charge in [-0.2, -0.15) is 0 Å². The van der Waals surface area contributed by atoms with Gasteiger partial charge in [0, 0.05) is 28.9 Å². The fraction of sp³-hybridized carbons (Fsp3) is 0.0909. The maximum Gasteiger partial charge on any atom is 0.0459 e. The van der Waals surface area contributed by atoms with E-state index in [4.69, 9.17) is 0 Å². The van der Waals surface area contributed by atoms with Crippen LogP contribution in [-0.4, -0.2) is 0 Å². The van der Waals surface area contributed by atoms with Gasteiger partial charge in [-0.1, -0.05) is 84.9 Å². The van der Waals surface area contributed by atoms with Crippen molar-refractivity contribution in [1.82, 2.24) is 3.53 Å². The predicted octanol–water partition coefficient (Wildman–Crippen LogP) is 6.22. The third-order valence-electron chi connectivity index (χ3n) is 4.63. The van der Waals surface area contributed by atoms with Crippen LogP contribution in [0, 0.1) is 0 Å². The highest BCUT2D eigenvalue weighted by molar-refractivity contribution is 14.1. The average Bonchev–Trinajstić information content (AvgIpc) is 2.66. The molecule has 0 aliphatic heterocycles. The van der Waals surface area contributed by atoms with Crippen LogP contribution in [0.3, 0.4) is 0 Å². The molecule has 4 rings (SSSR count). The van der Waals surface area contributed by atoms with Crippen molar-refractivity contribution in [3.63, 3.8) is 0 Å². The minimum atomic E-state index is 0.280. The summed E-state index contributed by atoms with van der Waals surface area (Å²) >= 11 is 2.29. The summed E-state index contributed by atoms with van der Waals surface area (Å²) in [5.41, 5.74) is 2.74. The maximum absolute atomic E-state index is 3.49. The largest absolute Gasteiger partial charge is 0.253 e. The lowest BCUT2D eigenvalue weighted by Gasteiger charge is -2.19. The number of nitrogens with one attached hydrogen (secondary N) is 1. The Balaban J connectivity index is 1.78. The first-order valence-electron chi connectivity index (χ1n) is 8.17. The van der Waals surface area contributed by atoms with Crippen LogP contribution in [0.15, 0.2) is 84.9 Å². The zero-order chi connectivity index (χ0) is 16.4. The first-order valence-corrected chi connectivity index (χ1v) is 9.25. The molecule has 1 atom stereocenters. The molecule has 0 aromatic heterocycles. The highest BCUT2D eigenvalue weighted by Gasteiger charge is 2.15. The first kappa shape index (κ1) is 15.6. The van der Waals surface area contributed by atoms with E-state index in [1.807, 2.05) is 0 Å². The highest BCUT2D eigenvalue weighted by Crippen LogP contribution is 2.29. The van der Waals surface area contributed by atoms with E-state index in [2.05, 4.69) is 111 Å². The van der Waals surface area contributed by atoms with E-state index in [1.54, 1.807) is 0 Å². The summed E-state index contributed by atoms with van der Waals surface area (Å²) in [7, 11) is 0. The van der Waals surface area contributed by atoms with Crippen molar-refractivity contribution in [2.75, 3.05) is 0 Å². The van der Waals surface area contributed by atoms with Crippen LogP contribution in [-0.2, 0) is 6.42 Å². The fourth-order valence-electron chi connectivity index (χ4n) is 3.45. The molecule has 0 bridgehead atoms. The van der Waals surface area contributed by atoms with Crippen molar-refractivity contribution < 1.29 is 0 Å². The second kappa shape index (κ2) is 6.91. The lowest BCUT2D eigenvalue weighted by Crippen LogP contribution is -2.14. The quantitative estimate of drug-likeness (QED) is 0.304. The maximum atomic E-state index is 3.49. The van der Waals surface area contributed by atoms with Crippen LogP contribution in [0.2, 0.25) is 0 Å². The first-order chi connectivity index (χ1) is 11.9. The Morgan fingerprint density at radius 1 is 0.667 bits per heavy atom. The van der Waals surface area contributed by atoms with Crippen molar-refractivity contribution in [3.05, 3.63) is 96.1 Å². The van der Waals surface area contributed by atoms with Crippen LogP contribution in [0.4, 0.5) is 0 Å². The summed E-state index contributed by atoms with van der Waals surface area (Å²) in [4.78, 5) is 0. The molecule has 0 aliphatic rings. The lowest BCUT2D eigenvalue weighted by atomic mass is 9.92. The molecule has 0 radical (unpaired) electrons. The molecule has 24 heavy (non-hydrogen) atoms. The zero-order valence-corrected chi connectivity index (χ0v) is 15.4. The number of fused-ring (bicyclic) bond motifs is 2. The summed E-state index contributed by atoms with van der Waals surface area (Å²) in [5.74, 6) is 0. The predicted molar refractivity (Wildman–Crippen MR) is 111 cm³/mol. The lowest BCUT2D eigenvalue weighted by molar-refractivity contribution is 0.699. The molecular formula is C22H18IN. The van der Waals surface area contributed by atoms with Gasteiger partial charge in [-0.3, -0.25) is 3.53 Å². The molecule has 0 saturated heterocycles. The molecule has 0 aliphatic carbocycles. The zero-order valence-electron chi connectivity index (χ0n) is 13.2. The molecule has 0 spiro atoms. The molecule has 0 saturated carbocycles. The van der Waals surface area contributed by atoms with Crippen molar-refractivity contribution in [2.45, 2.75) is 12.5 Å². The Morgan fingerprint density at radius 3 is 2.00 bits per heavy atom. The summed E-state index contributed by atoms with van der Waals surface area (Å²) in [6.45, 7) is 0. The monoisotopic (exact) mass is 423 g/mol. The second-order valence-corrected chi connectivity index (χ2v) is 6.70. The van der Waals surface area contributed by atoms with Crippen molar-refractivity contribution in [3.8, 4) is 0 Å². The van der Waals surface area contributed by atoms with Crippen LogP contribution in [0.25, 0.3) is 21.5 Å². The third-order valence-corrected chi connectivity index (χ3v) is 5.39. The Kier molecular flexibility index (Phi) is 4.50. The fourth-order valence-corrected chi connectivity index (χ4v) is 4.01. The van der Waals surface area contributed by atoms with Gasteiger partial charge in [-0.05, 0) is 39.1 Å². The van der Waals surface area contributed by atoms with E-state index in [9.17, 15) is 0 Å². The Hall–Kier alpha value is -1.91. The number of rotatable bonds is 4. The van der Waals surface area contributed by atoms with Gasteiger partial charge in [0.05, 0.1) is 0 Å². The normalized spacial score (nSPS) is 12.5. The van der Waals surface area contributed by atoms with Crippen molar-refractivity contribution in [1.29, 1.82) is 0 Å². The van der Waals surface area contributed by atoms with Gasteiger partial charge in [-0.15, -0.1) is 0 Å². The Bertz CT molecular complexity index is 982. The molecule has 1 nitrogen and oxygen atoms in total. The molecule has 4 aromatic carbocycles. The molecular weight excluding hydrogens is 405 g/mol. The van der Waals surface area contributed by atoms with Crippen LogP contribution < -0.4 is 3.53 Å². The van der Waals surface area contributed by atoms with Gasteiger partial charge in [0.15, 0.2) is 0 Å². The second-order valence-electron chi connectivity index (χ2n) is 6.07. The smallest absolute Gasteiger partial charge is 0.0459 e. The van der Waals surface area contributed by atoms with Gasteiger partial charge in [0.1, 0.15) is 0 Å². The van der Waals surface area contributed by atoms with Gasteiger partial charge in [0.25, 0.3) is 0 Å². The Labute approximate surface area is 156 Å². The van der Waals surface area contributed by atoms with Crippen LogP contribution in [0.1, 0.15) is 17.2 Å². The summed E-state index contributed by atoms with van der Waals surface area (Å²) < 4.78 is 3.49. The van der Waals surface area contributed by atoms with Crippen LogP contribution in [0.5, 0.6) is 0 Å². The van der Waals surface area contributed by atoms with E-state index in [1.165, 1.54) is 32.7 Å². The van der Waals surface area contributed by atoms with Crippen molar-refractivity contribution in [2.24, 2.45) is 0 Å². The molecule has 0 heterocycles. The van der Waals surface area contributed by atoms with E-state index >= 15 is 0 Å². The van der Waals surface area contributed by atoms with Gasteiger partial charge < -0.3 is 0 Å². The van der Waals surface area contributed by atoms with E-state index in [-0.39, 0.29) is 6.04 Å². The molecule has 0 fully saturated rings. The minimum Gasteiger partial charge on any atom is -0.253 e. The molecule has 4 aromatic rings. The minimum absolute atomic E-state index is 0.280. The van der Waals surface area contributed by atoms with Gasteiger partial charge >= 0.3 is 0 Å². The van der Waals surface area contributed by atoms with E-state index in [0.29, 0.717) is 0 Å². The molecule has 2 heteroatoms. The van der Waals surface area contributed by atoms with Crippen LogP contribution >= 0.6 is 22.9 Å². The third kappa shape index (κ3) is 2.92. The summed E-state index contributed by atoms with van der Waals surface area (Å²) in [5, 5.41) is 5.27. The Morgan fingerprint density at radius 2 is 1.25 bits per heavy atom. The number of halogens is 1. The number of benzene rings is 4. The SMILES string of the molecule is INC(Cc1cccc2ccccc12)c1cccc2ccccc12. The van der Waals surface area contributed by atoms with Gasteiger partial charge in [0.2, 0.25) is 0 Å². The van der Waals surface area contributed by atoms with Crippen molar-refractivity contribution >= 4 is 44.4 Å². The average molecular weight is 423 g/mol. The van der Waals surface area contributed by atoms with Gasteiger partial charge in [-0.25, -0.2) is 0 Å². The summed E-state index contributed by atoms with van der Waals surface area (Å²) in [6.07, 6.45) is 0.971.